The minimum atomic E-state index is -0.0486. The fourth-order valence-electron chi connectivity index (χ4n) is 2.65. The molecule has 1 aromatic heterocycles. The molecule has 106 valence electrons. The molecule has 20 heavy (non-hydrogen) atoms. The van der Waals surface area contributed by atoms with Gasteiger partial charge in [-0.25, -0.2) is 4.98 Å². The first-order valence-corrected chi connectivity index (χ1v) is 6.79. The van der Waals surface area contributed by atoms with E-state index in [1.165, 1.54) is 0 Å². The molecule has 0 amide bonds. The van der Waals surface area contributed by atoms with Crippen LogP contribution in [0.5, 0.6) is 11.5 Å². The van der Waals surface area contributed by atoms with E-state index in [-0.39, 0.29) is 6.04 Å². The van der Waals surface area contributed by atoms with Gasteiger partial charge in [0, 0.05) is 35.3 Å². The van der Waals surface area contributed by atoms with Gasteiger partial charge in [0.15, 0.2) is 11.5 Å². The van der Waals surface area contributed by atoms with E-state index < -0.39 is 0 Å². The lowest BCUT2D eigenvalue weighted by Gasteiger charge is -2.25. The van der Waals surface area contributed by atoms with Crippen molar-refractivity contribution in [1.29, 1.82) is 0 Å². The summed E-state index contributed by atoms with van der Waals surface area (Å²) in [5.74, 6) is 1.31. The maximum atomic E-state index is 6.19. The molecular weight excluding hydrogens is 278 g/mol. The Balaban J connectivity index is 2.14. The second-order valence-corrected chi connectivity index (χ2v) is 5.07. The van der Waals surface area contributed by atoms with Crippen LogP contribution in [0.2, 0.25) is 5.02 Å². The highest BCUT2D eigenvalue weighted by molar-refractivity contribution is 6.30. The van der Waals surface area contributed by atoms with Crippen LogP contribution in [0.15, 0.2) is 18.5 Å². The Morgan fingerprint density at radius 2 is 2.15 bits per heavy atom. The Bertz CT molecular complexity index is 627. The summed E-state index contributed by atoms with van der Waals surface area (Å²) >= 11 is 6.19. The minimum Gasteiger partial charge on any atom is -0.493 e. The van der Waals surface area contributed by atoms with Gasteiger partial charge >= 0.3 is 0 Å². The van der Waals surface area contributed by atoms with Crippen LogP contribution in [0, 0.1) is 0 Å². The molecule has 2 N–H and O–H groups in total. The predicted octanol–water partition coefficient (Wildman–Crippen LogP) is 2.32. The lowest BCUT2D eigenvalue weighted by molar-refractivity contribution is 0.348. The van der Waals surface area contributed by atoms with Crippen molar-refractivity contribution in [3.05, 3.63) is 40.4 Å². The Kier molecular flexibility index (Phi) is 3.54. The van der Waals surface area contributed by atoms with Gasteiger partial charge in [-0.15, -0.1) is 0 Å². The van der Waals surface area contributed by atoms with Crippen LogP contribution in [-0.4, -0.2) is 30.7 Å². The smallest absolute Gasteiger partial charge is 0.165 e. The van der Waals surface area contributed by atoms with Gasteiger partial charge in [-0.2, -0.15) is 0 Å². The Hall–Kier alpha value is -1.72. The van der Waals surface area contributed by atoms with E-state index in [1.807, 2.05) is 6.07 Å². The SMILES string of the molecule is COc1cc(Cl)cc([C@@H]2NCCc3[nH]cnc32)c1OC. The van der Waals surface area contributed by atoms with Gasteiger partial charge in [-0.05, 0) is 6.07 Å². The first-order chi connectivity index (χ1) is 9.74. The zero-order valence-corrected chi connectivity index (χ0v) is 12.1. The average Bonchev–Trinajstić information content (AvgIpc) is 2.94. The van der Waals surface area contributed by atoms with Gasteiger partial charge in [-0.1, -0.05) is 11.6 Å². The average molecular weight is 294 g/mol. The van der Waals surface area contributed by atoms with Crippen molar-refractivity contribution in [2.45, 2.75) is 12.5 Å². The molecule has 1 atom stereocenters. The van der Waals surface area contributed by atoms with E-state index in [0.717, 1.165) is 29.9 Å². The van der Waals surface area contributed by atoms with Crippen LogP contribution in [-0.2, 0) is 6.42 Å². The van der Waals surface area contributed by atoms with Crippen LogP contribution in [0.4, 0.5) is 0 Å². The molecule has 0 fully saturated rings. The molecule has 2 aromatic rings. The summed E-state index contributed by atoms with van der Waals surface area (Å²) in [4.78, 5) is 7.60. The maximum Gasteiger partial charge on any atom is 0.165 e. The van der Waals surface area contributed by atoms with Gasteiger partial charge in [0.25, 0.3) is 0 Å². The molecule has 1 aliphatic heterocycles. The van der Waals surface area contributed by atoms with Crippen molar-refractivity contribution in [3.8, 4) is 11.5 Å². The number of methoxy groups -OCH3 is 2. The van der Waals surface area contributed by atoms with E-state index in [2.05, 4.69) is 15.3 Å². The molecule has 0 unspecified atom stereocenters. The number of halogens is 1. The number of imidazole rings is 1. The lowest BCUT2D eigenvalue weighted by atomic mass is 9.97. The molecule has 0 saturated heterocycles. The summed E-state index contributed by atoms with van der Waals surface area (Å²) in [6, 6.07) is 3.59. The third kappa shape index (κ3) is 2.13. The first-order valence-electron chi connectivity index (χ1n) is 6.41. The number of rotatable bonds is 3. The van der Waals surface area contributed by atoms with Crippen molar-refractivity contribution in [3.63, 3.8) is 0 Å². The maximum absolute atomic E-state index is 6.19. The number of hydrogen-bond donors (Lipinski definition) is 2. The number of nitrogens with zero attached hydrogens (tertiary/aromatic N) is 1. The minimum absolute atomic E-state index is 0.0486. The molecule has 0 saturated carbocycles. The van der Waals surface area contributed by atoms with E-state index in [0.29, 0.717) is 16.5 Å². The number of fused-ring (bicyclic) bond motifs is 1. The third-order valence-electron chi connectivity index (χ3n) is 3.53. The topological polar surface area (TPSA) is 59.2 Å². The summed E-state index contributed by atoms with van der Waals surface area (Å²) in [5, 5.41) is 4.07. The number of aromatic nitrogens is 2. The zero-order valence-electron chi connectivity index (χ0n) is 11.4. The van der Waals surface area contributed by atoms with Gasteiger partial charge in [0.05, 0.1) is 32.3 Å². The molecule has 0 bridgehead atoms. The highest BCUT2D eigenvalue weighted by Crippen LogP contribution is 2.40. The molecule has 3 rings (SSSR count). The first kappa shape index (κ1) is 13.3. The summed E-state index contributed by atoms with van der Waals surface area (Å²) in [5.41, 5.74) is 3.07. The number of H-pyrrole nitrogens is 1. The van der Waals surface area contributed by atoms with Crippen molar-refractivity contribution in [1.82, 2.24) is 15.3 Å². The van der Waals surface area contributed by atoms with Crippen molar-refractivity contribution < 1.29 is 9.47 Å². The number of hydrogen-bond acceptors (Lipinski definition) is 4. The summed E-state index contributed by atoms with van der Waals surface area (Å²) in [6.07, 6.45) is 2.66. The molecule has 0 radical (unpaired) electrons. The number of benzene rings is 1. The summed E-state index contributed by atoms with van der Waals surface area (Å²) in [6.45, 7) is 0.873. The van der Waals surface area contributed by atoms with E-state index in [9.17, 15) is 0 Å². The summed E-state index contributed by atoms with van der Waals surface area (Å²) in [7, 11) is 3.23. The highest BCUT2D eigenvalue weighted by atomic mass is 35.5. The number of aromatic amines is 1. The van der Waals surface area contributed by atoms with Gasteiger partial charge in [0.2, 0.25) is 0 Å². The van der Waals surface area contributed by atoms with Crippen LogP contribution in [0.25, 0.3) is 0 Å². The standard InChI is InChI=1S/C14H16ClN3O2/c1-19-11-6-8(15)5-9(14(11)20-2)12-13-10(3-4-16-12)17-7-18-13/h5-7,12,16H,3-4H2,1-2H3,(H,17,18)/t12-/m0/s1. The van der Waals surface area contributed by atoms with Gasteiger partial charge < -0.3 is 19.8 Å². The lowest BCUT2D eigenvalue weighted by Crippen LogP contribution is -2.31. The Morgan fingerprint density at radius 3 is 2.90 bits per heavy atom. The second-order valence-electron chi connectivity index (χ2n) is 4.63. The van der Waals surface area contributed by atoms with Crippen molar-refractivity contribution >= 4 is 11.6 Å². The normalized spacial score (nSPS) is 17.6. The van der Waals surface area contributed by atoms with Gasteiger partial charge in [0.1, 0.15) is 0 Å². The predicted molar refractivity (Wildman–Crippen MR) is 76.7 cm³/mol. The number of ether oxygens (including phenoxy) is 2. The largest absolute Gasteiger partial charge is 0.493 e. The molecule has 0 aliphatic carbocycles. The van der Waals surface area contributed by atoms with E-state index >= 15 is 0 Å². The zero-order chi connectivity index (χ0) is 14.1. The van der Waals surface area contributed by atoms with Crippen LogP contribution in [0.1, 0.15) is 23.0 Å². The van der Waals surface area contributed by atoms with Crippen LogP contribution in [0.3, 0.4) is 0 Å². The van der Waals surface area contributed by atoms with E-state index in [1.54, 1.807) is 26.6 Å². The second kappa shape index (κ2) is 5.34. The molecule has 0 spiro atoms. The fourth-order valence-corrected chi connectivity index (χ4v) is 2.87. The van der Waals surface area contributed by atoms with Gasteiger partial charge in [-0.3, -0.25) is 0 Å². The molecule has 6 heteroatoms. The fraction of sp³-hybridized carbons (Fsp3) is 0.357. The van der Waals surface area contributed by atoms with Crippen molar-refractivity contribution in [2.24, 2.45) is 0 Å². The molecule has 1 aromatic carbocycles. The number of nitrogens with one attached hydrogen (secondary N) is 2. The molecule has 2 heterocycles. The monoisotopic (exact) mass is 293 g/mol. The molecular formula is C14H16ClN3O2. The Morgan fingerprint density at radius 1 is 1.30 bits per heavy atom. The summed E-state index contributed by atoms with van der Waals surface area (Å²) < 4.78 is 10.9. The van der Waals surface area contributed by atoms with Crippen LogP contribution < -0.4 is 14.8 Å². The quantitative estimate of drug-likeness (QED) is 0.912. The Labute approximate surface area is 122 Å². The third-order valence-corrected chi connectivity index (χ3v) is 3.75. The van der Waals surface area contributed by atoms with E-state index in [4.69, 9.17) is 21.1 Å². The van der Waals surface area contributed by atoms with Crippen LogP contribution >= 0.6 is 11.6 Å². The molecule has 1 aliphatic rings. The van der Waals surface area contributed by atoms with Crippen molar-refractivity contribution in [2.75, 3.05) is 20.8 Å². The molecule has 5 nitrogen and oxygen atoms in total. The highest BCUT2D eigenvalue weighted by Gasteiger charge is 2.28.